The summed E-state index contributed by atoms with van der Waals surface area (Å²) in [4.78, 5) is 11.3. The molecule has 0 spiro atoms. The summed E-state index contributed by atoms with van der Waals surface area (Å²) in [5, 5.41) is 21.9. The number of benzene rings is 1. The number of allylic oxidation sites excluding steroid dienone is 1. The predicted octanol–water partition coefficient (Wildman–Crippen LogP) is 6.63. The molecule has 1 aromatic rings. The number of hydrogen-bond acceptors (Lipinski definition) is 4. The summed E-state index contributed by atoms with van der Waals surface area (Å²) in [6, 6.07) is 7.92. The average molecular weight is 495 g/mol. The fourth-order valence-corrected chi connectivity index (χ4v) is 9.06. The first-order chi connectivity index (χ1) is 17.0. The Hall–Kier alpha value is -1.65. The third-order valence-electron chi connectivity index (χ3n) is 11.3. The normalized spacial score (nSPS) is 41.6. The first kappa shape index (κ1) is 26.0. The van der Waals surface area contributed by atoms with Gasteiger partial charge in [-0.05, 0) is 123 Å². The number of aliphatic hydroxyl groups is 2. The second-order valence-corrected chi connectivity index (χ2v) is 13.2. The van der Waals surface area contributed by atoms with Crippen molar-refractivity contribution >= 4 is 5.97 Å². The van der Waals surface area contributed by atoms with Crippen molar-refractivity contribution in [3.63, 3.8) is 0 Å². The quantitative estimate of drug-likeness (QED) is 0.202. The Morgan fingerprint density at radius 3 is 2.61 bits per heavy atom. The summed E-state index contributed by atoms with van der Waals surface area (Å²) in [6.07, 6.45) is 14.0. The van der Waals surface area contributed by atoms with Crippen LogP contribution in [0.3, 0.4) is 0 Å². The Morgan fingerprint density at radius 1 is 1.06 bits per heavy atom. The maximum atomic E-state index is 11.4. The molecule has 1 aromatic carbocycles. The second-order valence-electron chi connectivity index (χ2n) is 13.2. The van der Waals surface area contributed by atoms with Crippen LogP contribution in [-0.4, -0.2) is 27.9 Å². The molecule has 5 rings (SSSR count). The van der Waals surface area contributed by atoms with E-state index in [0.717, 1.165) is 51.4 Å². The lowest BCUT2D eigenvalue weighted by atomic mass is 9.44. The molecule has 4 aliphatic carbocycles. The van der Waals surface area contributed by atoms with E-state index in [-0.39, 0.29) is 22.9 Å². The Kier molecular flexibility index (Phi) is 6.91. The number of aliphatic hydroxyl groups excluding tert-OH is 1. The zero-order chi connectivity index (χ0) is 25.7. The van der Waals surface area contributed by atoms with Gasteiger partial charge in [-0.2, -0.15) is 0 Å². The first-order valence-corrected chi connectivity index (χ1v) is 14.4. The molecular weight excluding hydrogens is 448 g/mol. The molecule has 0 amide bonds. The van der Waals surface area contributed by atoms with Crippen LogP contribution in [0.1, 0.15) is 97.5 Å². The molecule has 0 radical (unpaired) electrons. The standard InChI is InChI=1S/C32H46O4/c1-21(33)36-26-11-7-9-22(18-26)8-5-6-10-23-19-24-20-25(34)12-15-30(24,2)27-13-16-31(3)28(29(23)27)14-17-32(31,4)35/h7,9,11,18,20,23,25,27-29,34-35H,5-6,8,10,12-17,19H2,1-4H3/t23-,25+,27?,28?,29?,30+,31+,32+/m1/s1. The molecular formula is C32H46O4. The van der Waals surface area contributed by atoms with Gasteiger partial charge in [-0.1, -0.05) is 44.1 Å². The van der Waals surface area contributed by atoms with Gasteiger partial charge in [-0.3, -0.25) is 4.79 Å². The number of aryl methyl sites for hydroxylation is 1. The van der Waals surface area contributed by atoms with Crippen molar-refractivity contribution in [3.8, 4) is 5.75 Å². The van der Waals surface area contributed by atoms with Gasteiger partial charge >= 0.3 is 5.97 Å². The summed E-state index contributed by atoms with van der Waals surface area (Å²) >= 11 is 0. The van der Waals surface area contributed by atoms with Crippen molar-refractivity contribution < 1.29 is 19.7 Å². The summed E-state index contributed by atoms with van der Waals surface area (Å²) < 4.78 is 5.26. The van der Waals surface area contributed by atoms with E-state index in [1.54, 1.807) is 0 Å². The highest BCUT2D eigenvalue weighted by atomic mass is 16.5. The van der Waals surface area contributed by atoms with Gasteiger partial charge in [0.2, 0.25) is 0 Å². The maximum absolute atomic E-state index is 11.4. The van der Waals surface area contributed by atoms with Gasteiger partial charge in [0.25, 0.3) is 0 Å². The van der Waals surface area contributed by atoms with E-state index in [2.05, 4.69) is 32.9 Å². The molecule has 198 valence electrons. The first-order valence-electron chi connectivity index (χ1n) is 14.4. The highest BCUT2D eigenvalue weighted by molar-refractivity contribution is 5.69. The minimum Gasteiger partial charge on any atom is -0.427 e. The number of carbonyl (C=O) groups excluding carboxylic acids is 1. The topological polar surface area (TPSA) is 66.8 Å². The fourth-order valence-electron chi connectivity index (χ4n) is 9.06. The van der Waals surface area contributed by atoms with Gasteiger partial charge in [-0.25, -0.2) is 0 Å². The minimum absolute atomic E-state index is 0.0231. The van der Waals surface area contributed by atoms with Crippen molar-refractivity contribution in [3.05, 3.63) is 41.5 Å². The van der Waals surface area contributed by atoms with E-state index in [9.17, 15) is 15.0 Å². The second kappa shape index (κ2) is 9.58. The Bertz CT molecular complexity index is 1010. The van der Waals surface area contributed by atoms with Crippen molar-refractivity contribution in [1.82, 2.24) is 0 Å². The Morgan fingerprint density at radius 2 is 1.83 bits per heavy atom. The van der Waals surface area contributed by atoms with Crippen LogP contribution in [0.2, 0.25) is 0 Å². The molecule has 3 unspecified atom stereocenters. The molecule has 0 aliphatic heterocycles. The highest BCUT2D eigenvalue weighted by Gasteiger charge is 2.64. The molecule has 3 fully saturated rings. The molecule has 0 saturated heterocycles. The monoisotopic (exact) mass is 494 g/mol. The van der Waals surface area contributed by atoms with Crippen molar-refractivity contribution in [2.75, 3.05) is 0 Å². The highest BCUT2D eigenvalue weighted by Crippen LogP contribution is 2.69. The van der Waals surface area contributed by atoms with Crippen LogP contribution < -0.4 is 4.74 Å². The largest absolute Gasteiger partial charge is 0.427 e. The van der Waals surface area contributed by atoms with E-state index in [4.69, 9.17) is 4.74 Å². The van der Waals surface area contributed by atoms with Crippen molar-refractivity contribution in [2.45, 2.75) is 110 Å². The third kappa shape index (κ3) is 4.47. The predicted molar refractivity (Wildman–Crippen MR) is 143 cm³/mol. The number of hydrogen-bond donors (Lipinski definition) is 2. The van der Waals surface area contributed by atoms with Crippen LogP contribution in [0, 0.1) is 34.5 Å². The van der Waals surface area contributed by atoms with E-state index in [1.807, 2.05) is 18.2 Å². The Balaban J connectivity index is 1.32. The van der Waals surface area contributed by atoms with E-state index >= 15 is 0 Å². The van der Waals surface area contributed by atoms with Crippen molar-refractivity contribution in [1.29, 1.82) is 0 Å². The zero-order valence-electron chi connectivity index (χ0n) is 22.8. The number of esters is 1. The third-order valence-corrected chi connectivity index (χ3v) is 11.3. The number of rotatable bonds is 6. The molecule has 0 heterocycles. The van der Waals surface area contributed by atoms with Crippen molar-refractivity contribution in [2.24, 2.45) is 34.5 Å². The van der Waals surface area contributed by atoms with Crippen LogP contribution in [0.15, 0.2) is 35.9 Å². The lowest BCUT2D eigenvalue weighted by Crippen LogP contribution is -2.56. The van der Waals surface area contributed by atoms with E-state index in [0.29, 0.717) is 29.4 Å². The lowest BCUT2D eigenvalue weighted by molar-refractivity contribution is -0.133. The molecule has 36 heavy (non-hydrogen) atoms. The van der Waals surface area contributed by atoms with E-state index in [1.165, 1.54) is 37.3 Å². The summed E-state index contributed by atoms with van der Waals surface area (Å²) in [6.45, 7) is 8.41. The lowest BCUT2D eigenvalue weighted by Gasteiger charge is -2.61. The van der Waals surface area contributed by atoms with Gasteiger partial charge in [0.1, 0.15) is 5.75 Å². The molecule has 4 heteroatoms. The number of unbranched alkanes of at least 4 members (excludes halogenated alkanes) is 1. The number of ether oxygens (including phenoxy) is 1. The van der Waals surface area contributed by atoms with Gasteiger partial charge in [-0.15, -0.1) is 0 Å². The van der Waals surface area contributed by atoms with Gasteiger partial charge < -0.3 is 14.9 Å². The SMILES string of the molecule is CC(=O)Oc1cccc(CCCC[C@@H]2CC3=C[C@@H](O)CC[C@]3(C)C3CC[C@@]4(C)C(CC[C@]4(C)O)C32)c1. The van der Waals surface area contributed by atoms with Crippen LogP contribution in [0.4, 0.5) is 0 Å². The molecule has 8 atom stereocenters. The van der Waals surface area contributed by atoms with Gasteiger partial charge in [0, 0.05) is 6.92 Å². The average Bonchev–Trinajstić information content (AvgIpc) is 3.06. The molecule has 4 nitrogen and oxygen atoms in total. The molecule has 2 N–H and O–H groups in total. The van der Waals surface area contributed by atoms with E-state index < -0.39 is 5.60 Å². The summed E-state index contributed by atoms with van der Waals surface area (Å²) in [7, 11) is 0. The molecule has 4 aliphatic rings. The maximum Gasteiger partial charge on any atom is 0.308 e. The Labute approximate surface area is 217 Å². The van der Waals surface area contributed by atoms with Gasteiger partial charge in [0.15, 0.2) is 0 Å². The summed E-state index contributed by atoms with van der Waals surface area (Å²) in [5.41, 5.74) is 2.43. The van der Waals surface area contributed by atoms with Gasteiger partial charge in [0.05, 0.1) is 11.7 Å². The summed E-state index contributed by atoms with van der Waals surface area (Å²) in [5.74, 6) is 2.92. The minimum atomic E-state index is -0.556. The number of carbonyl (C=O) groups is 1. The van der Waals surface area contributed by atoms with Crippen LogP contribution >= 0.6 is 0 Å². The zero-order valence-corrected chi connectivity index (χ0v) is 22.8. The number of fused-ring (bicyclic) bond motifs is 5. The van der Waals surface area contributed by atoms with Crippen LogP contribution in [0.25, 0.3) is 0 Å². The smallest absolute Gasteiger partial charge is 0.308 e. The van der Waals surface area contributed by atoms with Crippen LogP contribution in [0.5, 0.6) is 5.75 Å². The van der Waals surface area contributed by atoms with Crippen LogP contribution in [-0.2, 0) is 11.2 Å². The molecule has 0 bridgehead atoms. The molecule has 0 aromatic heterocycles. The fraction of sp³-hybridized carbons (Fsp3) is 0.719. The molecule has 3 saturated carbocycles.